The topological polar surface area (TPSA) is 77.9 Å². The number of nitrogens with zero attached hydrogens (tertiary/aromatic N) is 2. The predicted molar refractivity (Wildman–Crippen MR) is 80.0 cm³/mol. The summed E-state index contributed by atoms with van der Waals surface area (Å²) in [7, 11) is -3.71. The minimum Gasteiger partial charge on any atom is -0.480 e. The normalized spacial score (nSPS) is 36.0. The molecule has 3 atom stereocenters. The van der Waals surface area contributed by atoms with Gasteiger partial charge in [-0.25, -0.2) is 0 Å². The van der Waals surface area contributed by atoms with Gasteiger partial charge in [0.25, 0.3) is 10.2 Å². The highest BCUT2D eigenvalue weighted by molar-refractivity contribution is 7.86. The number of aliphatic carboxylic acids is 1. The lowest BCUT2D eigenvalue weighted by Gasteiger charge is -2.40. The Labute approximate surface area is 127 Å². The van der Waals surface area contributed by atoms with E-state index in [4.69, 9.17) is 0 Å². The van der Waals surface area contributed by atoms with Crippen LogP contribution in [0.4, 0.5) is 0 Å². The average Bonchev–Trinajstić information content (AvgIpc) is 2.83. The van der Waals surface area contributed by atoms with Crippen molar-refractivity contribution in [3.63, 3.8) is 0 Å². The van der Waals surface area contributed by atoms with Gasteiger partial charge in [-0.05, 0) is 37.5 Å². The Bertz CT molecular complexity index is 497. The van der Waals surface area contributed by atoms with Crippen LogP contribution in [0.15, 0.2) is 0 Å². The molecule has 21 heavy (non-hydrogen) atoms. The van der Waals surface area contributed by atoms with Gasteiger partial charge in [0.1, 0.15) is 5.54 Å². The largest absolute Gasteiger partial charge is 0.480 e. The molecule has 0 amide bonds. The van der Waals surface area contributed by atoms with E-state index in [2.05, 4.69) is 0 Å². The van der Waals surface area contributed by atoms with Gasteiger partial charge in [-0.3, -0.25) is 4.79 Å². The lowest BCUT2D eigenvalue weighted by molar-refractivity contribution is -0.147. The lowest BCUT2D eigenvalue weighted by atomic mass is 9.94. The number of carbonyl (C=O) groups is 1. The molecule has 2 fully saturated rings. The minimum absolute atomic E-state index is 0.306. The van der Waals surface area contributed by atoms with Gasteiger partial charge in [0.2, 0.25) is 0 Å². The third-order valence-corrected chi connectivity index (χ3v) is 6.89. The van der Waals surface area contributed by atoms with Crippen molar-refractivity contribution in [1.29, 1.82) is 0 Å². The molecule has 2 heterocycles. The van der Waals surface area contributed by atoms with E-state index in [-0.39, 0.29) is 0 Å². The molecular formula is C14H26N2O4S. The van der Waals surface area contributed by atoms with Crippen LogP contribution < -0.4 is 0 Å². The zero-order valence-electron chi connectivity index (χ0n) is 13.1. The zero-order chi connectivity index (χ0) is 15.8. The van der Waals surface area contributed by atoms with Gasteiger partial charge in [-0.1, -0.05) is 20.8 Å². The second kappa shape index (κ2) is 5.85. The Morgan fingerprint density at radius 2 is 1.86 bits per heavy atom. The third kappa shape index (κ3) is 2.83. The standard InChI is InChI=1S/C14H26N2O4S/c1-4-14(13(17)18)6-5-7-16(14)21(19,20)15-9-11(2)8-12(3)10-15/h11-12H,4-10H2,1-3H3,(H,17,18). The van der Waals surface area contributed by atoms with Gasteiger partial charge < -0.3 is 5.11 Å². The number of hydrogen-bond acceptors (Lipinski definition) is 3. The highest BCUT2D eigenvalue weighted by atomic mass is 32.2. The lowest BCUT2D eigenvalue weighted by Crippen LogP contribution is -2.58. The fourth-order valence-corrected chi connectivity index (χ4v) is 6.11. The molecule has 122 valence electrons. The van der Waals surface area contributed by atoms with E-state index >= 15 is 0 Å². The average molecular weight is 318 g/mol. The first-order valence-electron chi connectivity index (χ1n) is 7.75. The van der Waals surface area contributed by atoms with Gasteiger partial charge in [0.05, 0.1) is 0 Å². The van der Waals surface area contributed by atoms with E-state index in [1.807, 2.05) is 13.8 Å². The summed E-state index contributed by atoms with van der Waals surface area (Å²) >= 11 is 0. The first-order valence-corrected chi connectivity index (χ1v) is 9.15. The highest BCUT2D eigenvalue weighted by Crippen LogP contribution is 2.37. The van der Waals surface area contributed by atoms with Crippen molar-refractivity contribution >= 4 is 16.2 Å². The van der Waals surface area contributed by atoms with Crippen LogP contribution in [0.3, 0.4) is 0 Å². The second-order valence-electron chi connectivity index (χ2n) is 6.64. The van der Waals surface area contributed by atoms with Gasteiger partial charge >= 0.3 is 5.97 Å². The summed E-state index contributed by atoms with van der Waals surface area (Å²) in [6.07, 6.45) is 2.33. The van der Waals surface area contributed by atoms with Crippen molar-refractivity contribution < 1.29 is 18.3 Å². The maximum atomic E-state index is 12.9. The summed E-state index contributed by atoms with van der Waals surface area (Å²) in [5.74, 6) is -0.400. The van der Waals surface area contributed by atoms with E-state index in [9.17, 15) is 18.3 Å². The van der Waals surface area contributed by atoms with Gasteiger partial charge in [-0.2, -0.15) is 17.0 Å². The molecule has 2 aliphatic rings. The SMILES string of the molecule is CCC1(C(=O)O)CCCN1S(=O)(=O)N1CC(C)CC(C)C1. The number of piperidine rings is 1. The molecule has 2 saturated heterocycles. The first kappa shape index (κ1) is 16.7. The van der Waals surface area contributed by atoms with Crippen molar-refractivity contribution in [2.75, 3.05) is 19.6 Å². The summed E-state index contributed by atoms with van der Waals surface area (Å²) in [5.41, 5.74) is -1.26. The number of rotatable bonds is 4. The summed E-state index contributed by atoms with van der Waals surface area (Å²) in [6, 6.07) is 0. The maximum Gasteiger partial charge on any atom is 0.325 e. The van der Waals surface area contributed by atoms with E-state index in [0.29, 0.717) is 50.7 Å². The molecule has 0 aromatic rings. The minimum atomic E-state index is -3.71. The van der Waals surface area contributed by atoms with Crippen LogP contribution in [0.2, 0.25) is 0 Å². The van der Waals surface area contributed by atoms with Crippen LogP contribution in [0, 0.1) is 11.8 Å². The van der Waals surface area contributed by atoms with Crippen molar-refractivity contribution in [2.24, 2.45) is 11.8 Å². The Kier molecular flexibility index (Phi) is 4.66. The number of hydrogen-bond donors (Lipinski definition) is 1. The maximum absolute atomic E-state index is 12.9. The Balaban J connectivity index is 2.32. The smallest absolute Gasteiger partial charge is 0.325 e. The van der Waals surface area contributed by atoms with Gasteiger partial charge in [0.15, 0.2) is 0 Å². The molecule has 0 spiro atoms. The van der Waals surface area contributed by atoms with Crippen molar-refractivity contribution in [3.05, 3.63) is 0 Å². The highest BCUT2D eigenvalue weighted by Gasteiger charge is 2.53. The molecule has 6 nitrogen and oxygen atoms in total. The van der Waals surface area contributed by atoms with Gasteiger partial charge in [-0.15, -0.1) is 0 Å². The van der Waals surface area contributed by atoms with Crippen molar-refractivity contribution in [1.82, 2.24) is 8.61 Å². The van der Waals surface area contributed by atoms with E-state index < -0.39 is 21.7 Å². The molecule has 7 heteroatoms. The predicted octanol–water partition coefficient (Wildman–Crippen LogP) is 1.54. The third-order valence-electron chi connectivity index (χ3n) is 4.85. The molecule has 0 aliphatic carbocycles. The quantitative estimate of drug-likeness (QED) is 0.853. The molecule has 0 saturated carbocycles. The summed E-state index contributed by atoms with van der Waals surface area (Å²) in [5, 5.41) is 9.58. The Hall–Kier alpha value is -0.660. The van der Waals surface area contributed by atoms with Crippen LogP contribution in [-0.4, -0.2) is 53.3 Å². The van der Waals surface area contributed by atoms with Crippen LogP contribution in [0.1, 0.15) is 46.5 Å². The molecular weight excluding hydrogens is 292 g/mol. The van der Waals surface area contributed by atoms with Crippen LogP contribution in [0.5, 0.6) is 0 Å². The van der Waals surface area contributed by atoms with Crippen LogP contribution in [0.25, 0.3) is 0 Å². The van der Waals surface area contributed by atoms with Crippen LogP contribution in [-0.2, 0) is 15.0 Å². The van der Waals surface area contributed by atoms with Crippen LogP contribution >= 0.6 is 0 Å². The fourth-order valence-electron chi connectivity index (χ4n) is 3.84. The summed E-state index contributed by atoms with van der Waals surface area (Å²) in [6.45, 7) is 7.13. The van der Waals surface area contributed by atoms with Crippen molar-refractivity contribution in [3.8, 4) is 0 Å². The molecule has 0 aromatic carbocycles. The first-order chi connectivity index (χ1) is 9.74. The molecule has 1 N–H and O–H groups in total. The molecule has 0 aromatic heterocycles. The molecule has 3 unspecified atom stereocenters. The molecule has 0 bridgehead atoms. The van der Waals surface area contributed by atoms with Gasteiger partial charge in [0, 0.05) is 19.6 Å². The van der Waals surface area contributed by atoms with E-state index in [0.717, 1.165) is 6.42 Å². The molecule has 0 radical (unpaired) electrons. The second-order valence-corrected chi connectivity index (χ2v) is 8.49. The van der Waals surface area contributed by atoms with Crippen molar-refractivity contribution in [2.45, 2.75) is 52.0 Å². The number of carboxylic acid groups (broad SMARTS) is 1. The molecule has 2 rings (SSSR count). The summed E-state index contributed by atoms with van der Waals surface area (Å²) < 4.78 is 28.6. The van der Waals surface area contributed by atoms with E-state index in [1.54, 1.807) is 6.92 Å². The number of carboxylic acids is 1. The molecule has 2 aliphatic heterocycles. The fraction of sp³-hybridized carbons (Fsp3) is 0.929. The summed E-state index contributed by atoms with van der Waals surface area (Å²) in [4.78, 5) is 11.7. The monoisotopic (exact) mass is 318 g/mol. The Morgan fingerprint density at radius 1 is 1.29 bits per heavy atom. The van der Waals surface area contributed by atoms with E-state index in [1.165, 1.54) is 8.61 Å². The Morgan fingerprint density at radius 3 is 2.33 bits per heavy atom. The zero-order valence-corrected chi connectivity index (χ0v) is 13.9.